The van der Waals surface area contributed by atoms with Crippen LogP contribution in [-0.4, -0.2) is 6.98 Å². The summed E-state index contributed by atoms with van der Waals surface area (Å²) < 4.78 is 56.0. The topological polar surface area (TPSA) is 9.23 Å². The van der Waals surface area contributed by atoms with Gasteiger partial charge in [0, 0.05) is 6.07 Å². The molecule has 0 heterocycles. The maximum absolute atomic E-state index is 13.3. The first kappa shape index (κ1) is 14.4. The summed E-state index contributed by atoms with van der Waals surface area (Å²) in [5.41, 5.74) is 0.726. The van der Waals surface area contributed by atoms with Gasteiger partial charge in [0.05, 0.1) is 5.82 Å². The van der Waals surface area contributed by atoms with E-state index in [2.05, 4.69) is 0 Å². The maximum atomic E-state index is 13.3. The third kappa shape index (κ3) is 3.53. The standard InChI is InChI=1S/C14H12BF4O/c1-10-2-4-11(5-3-10)9-20-12-6-7-13(14(16)8-12)15(17,18)19/h2-8H,9H2,1H3/q-1. The number of halogens is 4. The van der Waals surface area contributed by atoms with Crippen LogP contribution < -0.4 is 10.2 Å². The molecule has 0 aliphatic heterocycles. The van der Waals surface area contributed by atoms with Crippen molar-refractivity contribution in [1.29, 1.82) is 0 Å². The lowest BCUT2D eigenvalue weighted by molar-refractivity contribution is 0.304. The van der Waals surface area contributed by atoms with Crippen LogP contribution in [0.5, 0.6) is 5.75 Å². The van der Waals surface area contributed by atoms with E-state index in [1.54, 1.807) is 0 Å². The molecule has 2 aromatic rings. The van der Waals surface area contributed by atoms with Crippen LogP contribution in [-0.2, 0) is 6.61 Å². The molecule has 0 fully saturated rings. The van der Waals surface area contributed by atoms with E-state index in [0.29, 0.717) is 6.07 Å². The Morgan fingerprint density at radius 2 is 1.65 bits per heavy atom. The molecule has 0 aromatic heterocycles. The second kappa shape index (κ2) is 5.57. The van der Waals surface area contributed by atoms with Gasteiger partial charge in [-0.05, 0) is 18.6 Å². The van der Waals surface area contributed by atoms with Crippen molar-refractivity contribution in [2.24, 2.45) is 0 Å². The van der Waals surface area contributed by atoms with Crippen molar-refractivity contribution in [3.63, 3.8) is 0 Å². The van der Waals surface area contributed by atoms with Crippen LogP contribution in [0.25, 0.3) is 0 Å². The third-order valence-corrected chi connectivity index (χ3v) is 2.85. The molecule has 6 heteroatoms. The van der Waals surface area contributed by atoms with E-state index in [4.69, 9.17) is 4.74 Å². The van der Waals surface area contributed by atoms with Gasteiger partial charge >= 0.3 is 6.98 Å². The van der Waals surface area contributed by atoms with Crippen molar-refractivity contribution in [3.8, 4) is 5.75 Å². The van der Waals surface area contributed by atoms with Crippen LogP contribution in [0.3, 0.4) is 0 Å². The molecule has 0 saturated carbocycles. The first-order valence-electron chi connectivity index (χ1n) is 6.04. The molecule has 0 saturated heterocycles. The molecule has 2 aromatic carbocycles. The minimum Gasteiger partial charge on any atom is -0.489 e. The van der Waals surface area contributed by atoms with Gasteiger partial charge in [0.15, 0.2) is 0 Å². The van der Waals surface area contributed by atoms with Crippen LogP contribution in [0, 0.1) is 12.7 Å². The Hall–Kier alpha value is -1.98. The molecule has 20 heavy (non-hydrogen) atoms. The normalized spacial score (nSPS) is 11.4. The Balaban J connectivity index is 2.07. The lowest BCUT2D eigenvalue weighted by Crippen LogP contribution is -2.36. The van der Waals surface area contributed by atoms with E-state index < -0.39 is 18.3 Å². The van der Waals surface area contributed by atoms with Gasteiger partial charge in [0.25, 0.3) is 0 Å². The van der Waals surface area contributed by atoms with Gasteiger partial charge in [-0.15, -0.1) is 0 Å². The largest absolute Gasteiger partial charge is 0.512 e. The minimum atomic E-state index is -5.34. The Labute approximate surface area is 114 Å². The summed E-state index contributed by atoms with van der Waals surface area (Å²) >= 11 is 0. The van der Waals surface area contributed by atoms with Gasteiger partial charge in [0.2, 0.25) is 0 Å². The second-order valence-corrected chi connectivity index (χ2v) is 4.53. The third-order valence-electron chi connectivity index (χ3n) is 2.85. The summed E-state index contributed by atoms with van der Waals surface area (Å²) in [5.74, 6) is -1.23. The summed E-state index contributed by atoms with van der Waals surface area (Å²) in [6.45, 7) is -3.22. The monoisotopic (exact) mass is 283 g/mol. The van der Waals surface area contributed by atoms with E-state index in [9.17, 15) is 17.3 Å². The Bertz CT molecular complexity index is 593. The Kier molecular flexibility index (Phi) is 4.02. The van der Waals surface area contributed by atoms with Gasteiger partial charge in [0.1, 0.15) is 12.4 Å². The van der Waals surface area contributed by atoms with Crippen molar-refractivity contribution < 1.29 is 22.1 Å². The molecule has 0 N–H and O–H groups in total. The summed E-state index contributed by atoms with van der Waals surface area (Å²) in [4.78, 5) is 0. The zero-order valence-electron chi connectivity index (χ0n) is 10.7. The highest BCUT2D eigenvalue weighted by Gasteiger charge is 2.28. The highest BCUT2D eigenvalue weighted by molar-refractivity contribution is 6.73. The molecule has 0 aliphatic carbocycles. The molecule has 0 amide bonds. The minimum absolute atomic E-state index is 0.0758. The summed E-state index contributed by atoms with van der Waals surface area (Å²) in [7, 11) is 0. The fourth-order valence-electron chi connectivity index (χ4n) is 1.71. The number of hydrogen-bond acceptors (Lipinski definition) is 1. The number of ether oxygens (including phenoxy) is 1. The molecule has 0 atom stereocenters. The fraction of sp³-hybridized carbons (Fsp3) is 0.143. The van der Waals surface area contributed by atoms with Crippen LogP contribution in [0.1, 0.15) is 11.1 Å². The fourth-order valence-corrected chi connectivity index (χ4v) is 1.71. The lowest BCUT2D eigenvalue weighted by atomic mass is 9.80. The first-order chi connectivity index (χ1) is 9.36. The second-order valence-electron chi connectivity index (χ2n) is 4.53. The SMILES string of the molecule is Cc1ccc(COc2ccc([B-](F)(F)F)c(F)c2)cc1. The van der Waals surface area contributed by atoms with E-state index in [1.807, 2.05) is 31.2 Å². The molecule has 0 aliphatic rings. The van der Waals surface area contributed by atoms with Crippen LogP contribution in [0.2, 0.25) is 0 Å². The van der Waals surface area contributed by atoms with Gasteiger partial charge in [-0.1, -0.05) is 41.4 Å². The molecule has 0 radical (unpaired) electrons. The average Bonchev–Trinajstić information content (AvgIpc) is 2.36. The van der Waals surface area contributed by atoms with Crippen LogP contribution in [0.15, 0.2) is 42.5 Å². The van der Waals surface area contributed by atoms with Gasteiger partial charge in [-0.2, -0.15) is 0 Å². The lowest BCUT2D eigenvalue weighted by Gasteiger charge is -2.16. The molecule has 0 bridgehead atoms. The zero-order chi connectivity index (χ0) is 14.8. The summed E-state index contributed by atoms with van der Waals surface area (Å²) in [6.07, 6.45) is 0. The Morgan fingerprint density at radius 3 is 2.20 bits per heavy atom. The van der Waals surface area contributed by atoms with Crippen molar-refractivity contribution in [1.82, 2.24) is 0 Å². The number of aryl methyl sites for hydroxylation is 1. The molecule has 106 valence electrons. The molecule has 1 nitrogen and oxygen atoms in total. The van der Waals surface area contributed by atoms with Crippen molar-refractivity contribution in [3.05, 3.63) is 59.4 Å². The predicted octanol–water partition coefficient (Wildman–Crippen LogP) is 3.77. The predicted molar refractivity (Wildman–Crippen MR) is 70.6 cm³/mol. The zero-order valence-corrected chi connectivity index (χ0v) is 10.7. The number of hydrogen-bond donors (Lipinski definition) is 0. The van der Waals surface area contributed by atoms with E-state index in [0.717, 1.165) is 23.3 Å². The molecule has 0 unspecified atom stereocenters. The number of benzene rings is 2. The first-order valence-corrected chi connectivity index (χ1v) is 6.04. The summed E-state index contributed by atoms with van der Waals surface area (Å²) in [6, 6.07) is 10.1. The van der Waals surface area contributed by atoms with Gasteiger partial charge < -0.3 is 17.7 Å². The summed E-state index contributed by atoms with van der Waals surface area (Å²) in [5, 5.41) is 0. The van der Waals surface area contributed by atoms with Gasteiger partial charge in [-0.3, -0.25) is 0 Å². The Morgan fingerprint density at radius 1 is 1.00 bits per heavy atom. The van der Waals surface area contributed by atoms with Crippen LogP contribution in [0.4, 0.5) is 17.3 Å². The quantitative estimate of drug-likeness (QED) is 0.613. The average molecular weight is 283 g/mol. The van der Waals surface area contributed by atoms with E-state index in [-0.39, 0.29) is 12.4 Å². The van der Waals surface area contributed by atoms with Crippen molar-refractivity contribution in [2.75, 3.05) is 0 Å². The maximum Gasteiger partial charge on any atom is 0.512 e. The highest BCUT2D eigenvalue weighted by Crippen LogP contribution is 2.18. The van der Waals surface area contributed by atoms with Gasteiger partial charge in [-0.25, -0.2) is 4.39 Å². The van der Waals surface area contributed by atoms with Crippen molar-refractivity contribution in [2.45, 2.75) is 13.5 Å². The molecule has 0 spiro atoms. The smallest absolute Gasteiger partial charge is 0.489 e. The highest BCUT2D eigenvalue weighted by atomic mass is 19.4. The molecular weight excluding hydrogens is 271 g/mol. The van der Waals surface area contributed by atoms with E-state index in [1.165, 1.54) is 0 Å². The van der Waals surface area contributed by atoms with E-state index >= 15 is 0 Å². The molecule has 2 rings (SSSR count). The number of rotatable bonds is 4. The molecular formula is C14H12BF4O-. The van der Waals surface area contributed by atoms with Crippen molar-refractivity contribution >= 4 is 12.4 Å². The van der Waals surface area contributed by atoms with Crippen LogP contribution >= 0.6 is 0 Å².